The normalized spacial score (nSPS) is 37.7. The van der Waals surface area contributed by atoms with Gasteiger partial charge in [0.05, 0.1) is 23.6 Å². The zero-order chi connectivity index (χ0) is 25.3. The molecule has 2 aliphatic carbocycles. The lowest BCUT2D eigenvalue weighted by atomic mass is 9.85. The van der Waals surface area contributed by atoms with Crippen molar-refractivity contribution in [3.05, 3.63) is 0 Å². The summed E-state index contributed by atoms with van der Waals surface area (Å²) in [5.41, 5.74) is 0. The lowest BCUT2D eigenvalue weighted by molar-refractivity contribution is -0.138. The summed E-state index contributed by atoms with van der Waals surface area (Å²) in [6.07, 6.45) is 7.48. The number of piperazine rings is 1. The van der Waals surface area contributed by atoms with Gasteiger partial charge in [-0.15, -0.1) is 0 Å². The average molecular weight is 528 g/mol. The van der Waals surface area contributed by atoms with Crippen molar-refractivity contribution in [2.45, 2.75) is 81.9 Å². The number of nitrogens with zero attached hydrogens (tertiary/aromatic N) is 3. The largest absolute Gasteiger partial charge is 0.381 e. The maximum absolute atomic E-state index is 13.3. The van der Waals surface area contributed by atoms with E-state index in [2.05, 4.69) is 11.8 Å². The Balaban J connectivity index is 1.04. The molecule has 5 aliphatic rings. The van der Waals surface area contributed by atoms with Gasteiger partial charge in [-0.25, -0.2) is 12.7 Å². The van der Waals surface area contributed by atoms with Gasteiger partial charge in [-0.3, -0.25) is 9.69 Å². The number of amides is 1. The Morgan fingerprint density at radius 2 is 1.61 bits per heavy atom. The summed E-state index contributed by atoms with van der Waals surface area (Å²) in [6.45, 7) is 7.93. The van der Waals surface area contributed by atoms with Crippen molar-refractivity contribution in [2.24, 2.45) is 17.8 Å². The summed E-state index contributed by atoms with van der Waals surface area (Å²) in [4.78, 5) is 17.8. The topological polar surface area (TPSA) is 88.6 Å². The Labute approximate surface area is 216 Å². The highest BCUT2D eigenvalue weighted by Crippen LogP contribution is 2.34. The van der Waals surface area contributed by atoms with Crippen LogP contribution in [0.15, 0.2) is 0 Å². The van der Waals surface area contributed by atoms with Gasteiger partial charge in [-0.2, -0.15) is 0 Å². The minimum atomic E-state index is -3.32. The van der Waals surface area contributed by atoms with Crippen molar-refractivity contribution >= 4 is 15.9 Å². The average Bonchev–Trinajstić information content (AvgIpc) is 3.37. The van der Waals surface area contributed by atoms with E-state index in [0.29, 0.717) is 57.6 Å². The van der Waals surface area contributed by atoms with Crippen LogP contribution in [-0.4, -0.2) is 112 Å². The Morgan fingerprint density at radius 3 is 2.31 bits per heavy atom. The van der Waals surface area contributed by atoms with E-state index in [-0.39, 0.29) is 35.2 Å². The SMILES string of the molecule is COC1CCC(S(=O)(=O)N2CCC(C(=O)N3CCN(CC4CCC5OCOC5C4)CC3)CC2)CC1C. The Bertz CT molecular complexity index is 856. The van der Waals surface area contributed by atoms with E-state index in [9.17, 15) is 13.2 Å². The molecule has 0 spiro atoms. The molecule has 5 fully saturated rings. The molecule has 6 atom stereocenters. The predicted molar refractivity (Wildman–Crippen MR) is 136 cm³/mol. The molecule has 1 amide bonds. The van der Waals surface area contributed by atoms with Crippen LogP contribution < -0.4 is 0 Å². The van der Waals surface area contributed by atoms with Crippen LogP contribution in [0.3, 0.4) is 0 Å². The number of carbonyl (C=O) groups excluding carboxylic acids is 1. The molecular weight excluding hydrogens is 482 g/mol. The summed E-state index contributed by atoms with van der Waals surface area (Å²) in [5.74, 6) is 1.06. The molecule has 3 heterocycles. The lowest BCUT2D eigenvalue weighted by Gasteiger charge is -2.41. The number of sulfonamides is 1. The highest BCUT2D eigenvalue weighted by atomic mass is 32.2. The molecule has 0 radical (unpaired) electrons. The third kappa shape index (κ3) is 5.78. The van der Waals surface area contributed by atoms with Crippen LogP contribution >= 0.6 is 0 Å². The van der Waals surface area contributed by atoms with E-state index < -0.39 is 10.0 Å². The van der Waals surface area contributed by atoms with Gasteiger partial charge in [0.25, 0.3) is 0 Å². The number of fused-ring (bicyclic) bond motifs is 1. The highest BCUT2D eigenvalue weighted by molar-refractivity contribution is 7.89. The molecule has 10 heteroatoms. The van der Waals surface area contributed by atoms with Gasteiger partial charge in [-0.05, 0) is 63.2 Å². The van der Waals surface area contributed by atoms with Crippen LogP contribution in [0, 0.1) is 17.8 Å². The van der Waals surface area contributed by atoms with Crippen LogP contribution in [-0.2, 0) is 29.0 Å². The fourth-order valence-corrected chi connectivity index (χ4v) is 9.33. The van der Waals surface area contributed by atoms with Gasteiger partial charge in [0.15, 0.2) is 0 Å². The van der Waals surface area contributed by atoms with Crippen LogP contribution in [0.1, 0.15) is 58.3 Å². The maximum atomic E-state index is 13.3. The molecule has 0 aromatic heterocycles. The highest BCUT2D eigenvalue weighted by Gasteiger charge is 2.41. The lowest BCUT2D eigenvalue weighted by Crippen LogP contribution is -2.53. The third-order valence-electron chi connectivity index (χ3n) is 9.53. The van der Waals surface area contributed by atoms with Gasteiger partial charge in [-0.1, -0.05) is 6.92 Å². The van der Waals surface area contributed by atoms with E-state index >= 15 is 0 Å². The molecule has 5 rings (SSSR count). The van der Waals surface area contributed by atoms with Crippen LogP contribution in [0.4, 0.5) is 0 Å². The number of hydrogen-bond donors (Lipinski definition) is 0. The van der Waals surface area contributed by atoms with Gasteiger partial charge < -0.3 is 19.1 Å². The molecule has 2 saturated carbocycles. The van der Waals surface area contributed by atoms with Gasteiger partial charge >= 0.3 is 0 Å². The quantitative estimate of drug-likeness (QED) is 0.521. The first-order chi connectivity index (χ1) is 17.3. The number of methoxy groups -OCH3 is 1. The van der Waals surface area contributed by atoms with Crippen molar-refractivity contribution in [1.82, 2.24) is 14.1 Å². The molecule has 0 aromatic rings. The first-order valence-electron chi connectivity index (χ1n) is 14.1. The monoisotopic (exact) mass is 527 g/mol. The van der Waals surface area contributed by atoms with Crippen molar-refractivity contribution in [2.75, 3.05) is 59.7 Å². The summed E-state index contributed by atoms with van der Waals surface area (Å²) in [7, 11) is -1.61. The Hall–Kier alpha value is -0.780. The molecule has 6 unspecified atom stereocenters. The third-order valence-corrected chi connectivity index (χ3v) is 11.9. The summed E-state index contributed by atoms with van der Waals surface area (Å²) < 4.78 is 45.1. The molecule has 0 N–H and O–H groups in total. The Kier molecular flexibility index (Phi) is 8.59. The molecule has 206 valence electrons. The van der Waals surface area contributed by atoms with Crippen LogP contribution in [0.5, 0.6) is 0 Å². The minimum absolute atomic E-state index is 0.0547. The number of rotatable bonds is 6. The fraction of sp³-hybridized carbons (Fsp3) is 0.962. The van der Waals surface area contributed by atoms with Crippen molar-refractivity contribution in [1.29, 1.82) is 0 Å². The zero-order valence-electron chi connectivity index (χ0n) is 22.1. The molecule has 0 bridgehead atoms. The minimum Gasteiger partial charge on any atom is -0.381 e. The predicted octanol–water partition coefficient (Wildman–Crippen LogP) is 1.92. The second-order valence-electron chi connectivity index (χ2n) is 11.7. The van der Waals surface area contributed by atoms with E-state index in [1.807, 2.05) is 4.90 Å². The van der Waals surface area contributed by atoms with Crippen LogP contribution in [0.2, 0.25) is 0 Å². The van der Waals surface area contributed by atoms with Crippen molar-refractivity contribution in [3.8, 4) is 0 Å². The summed E-state index contributed by atoms with van der Waals surface area (Å²) >= 11 is 0. The fourth-order valence-electron chi connectivity index (χ4n) is 7.21. The zero-order valence-corrected chi connectivity index (χ0v) is 22.9. The number of ether oxygens (including phenoxy) is 3. The van der Waals surface area contributed by atoms with Crippen molar-refractivity contribution < 1.29 is 27.4 Å². The maximum Gasteiger partial charge on any atom is 0.225 e. The number of hydrogen-bond acceptors (Lipinski definition) is 7. The molecule has 9 nitrogen and oxygen atoms in total. The molecular formula is C26H45N3O6S. The summed E-state index contributed by atoms with van der Waals surface area (Å²) in [6, 6.07) is 0. The van der Waals surface area contributed by atoms with E-state index in [1.54, 1.807) is 11.4 Å². The molecule has 3 saturated heterocycles. The van der Waals surface area contributed by atoms with Gasteiger partial charge in [0.2, 0.25) is 15.9 Å². The van der Waals surface area contributed by atoms with Crippen molar-refractivity contribution in [3.63, 3.8) is 0 Å². The standard InChI is InChI=1S/C26H45N3O6S/c1-19-15-22(4-6-23(19)33-2)36(31,32)29-9-7-21(8-10-29)26(30)28-13-11-27(12-14-28)17-20-3-5-24-25(16-20)35-18-34-24/h19-25H,3-18H2,1-2H3. The molecule has 0 aromatic carbocycles. The second kappa shape index (κ2) is 11.5. The van der Waals surface area contributed by atoms with Gasteiger partial charge in [0.1, 0.15) is 6.79 Å². The molecule has 36 heavy (non-hydrogen) atoms. The number of carbonyl (C=O) groups is 1. The van der Waals surface area contributed by atoms with E-state index in [0.717, 1.165) is 52.0 Å². The second-order valence-corrected chi connectivity index (χ2v) is 14.0. The first kappa shape index (κ1) is 26.8. The number of piperidine rings is 1. The smallest absolute Gasteiger partial charge is 0.225 e. The van der Waals surface area contributed by atoms with E-state index in [4.69, 9.17) is 14.2 Å². The summed E-state index contributed by atoms with van der Waals surface area (Å²) in [5, 5.41) is -0.318. The van der Waals surface area contributed by atoms with Crippen LogP contribution in [0.25, 0.3) is 0 Å². The first-order valence-corrected chi connectivity index (χ1v) is 15.6. The van der Waals surface area contributed by atoms with E-state index in [1.165, 1.54) is 6.42 Å². The Morgan fingerprint density at radius 1 is 0.889 bits per heavy atom. The molecule has 3 aliphatic heterocycles. The van der Waals surface area contributed by atoms with Gasteiger partial charge in [0, 0.05) is 58.8 Å².